The number of hydrogen-bond donors (Lipinski definition) is 0. The van der Waals surface area contributed by atoms with Crippen LogP contribution in [-0.4, -0.2) is 64.4 Å². The van der Waals surface area contributed by atoms with E-state index in [1.165, 1.54) is 16.7 Å². The van der Waals surface area contributed by atoms with Crippen LogP contribution in [0, 0.1) is 0 Å². The second-order valence-corrected chi connectivity index (χ2v) is 6.70. The van der Waals surface area contributed by atoms with E-state index in [9.17, 15) is 4.79 Å². The first kappa shape index (κ1) is 18.1. The maximum atomic E-state index is 13.0. The molecule has 0 unspecified atom stereocenters. The predicted molar refractivity (Wildman–Crippen MR) is 104 cm³/mol. The molecule has 4 rings (SSSR count). The molecule has 1 fully saturated rings. The summed E-state index contributed by atoms with van der Waals surface area (Å²) in [7, 11) is 1.80. The third-order valence-electron chi connectivity index (χ3n) is 4.81. The summed E-state index contributed by atoms with van der Waals surface area (Å²) in [6.07, 6.45) is 1.48. The molecule has 3 aromatic rings. The zero-order valence-electron chi connectivity index (χ0n) is 15.7. The Labute approximate surface area is 163 Å². The number of carbonyl (C=O) groups excluding carboxylic acids is 1. The van der Waals surface area contributed by atoms with Crippen molar-refractivity contribution in [1.29, 1.82) is 0 Å². The monoisotopic (exact) mass is 378 g/mol. The highest BCUT2D eigenvalue weighted by atomic mass is 16.5. The topological polar surface area (TPSA) is 76.4 Å². The molecule has 0 aliphatic carbocycles. The summed E-state index contributed by atoms with van der Waals surface area (Å²) < 4.78 is 6.90. The SMILES string of the molecule is CN(Cc1ccc(N2CCOCC2)cc1)C(=O)c1ccccc1-n1cnnn1. The van der Waals surface area contributed by atoms with E-state index < -0.39 is 0 Å². The number of rotatable bonds is 5. The van der Waals surface area contributed by atoms with Gasteiger partial charge in [0.15, 0.2) is 0 Å². The average molecular weight is 378 g/mol. The first-order valence-corrected chi connectivity index (χ1v) is 9.22. The molecule has 0 spiro atoms. The van der Waals surface area contributed by atoms with Gasteiger partial charge in [0.05, 0.1) is 24.5 Å². The highest BCUT2D eigenvalue weighted by Crippen LogP contribution is 2.19. The number of carbonyl (C=O) groups is 1. The second kappa shape index (κ2) is 8.18. The number of para-hydroxylation sites is 1. The maximum Gasteiger partial charge on any atom is 0.256 e. The molecule has 0 bridgehead atoms. The Morgan fingerprint density at radius 1 is 1.11 bits per heavy atom. The molecule has 8 nitrogen and oxygen atoms in total. The van der Waals surface area contributed by atoms with Crippen molar-refractivity contribution < 1.29 is 9.53 Å². The van der Waals surface area contributed by atoms with Gasteiger partial charge >= 0.3 is 0 Å². The van der Waals surface area contributed by atoms with Gasteiger partial charge in [-0.1, -0.05) is 24.3 Å². The highest BCUT2D eigenvalue weighted by molar-refractivity contribution is 5.97. The highest BCUT2D eigenvalue weighted by Gasteiger charge is 2.18. The predicted octanol–water partition coefficient (Wildman–Crippen LogP) is 1.77. The van der Waals surface area contributed by atoms with Crippen LogP contribution >= 0.6 is 0 Å². The van der Waals surface area contributed by atoms with Crippen LogP contribution in [-0.2, 0) is 11.3 Å². The minimum atomic E-state index is -0.0802. The van der Waals surface area contributed by atoms with E-state index in [1.807, 2.05) is 18.2 Å². The summed E-state index contributed by atoms with van der Waals surface area (Å²) in [6, 6.07) is 15.7. The number of aromatic nitrogens is 4. The van der Waals surface area contributed by atoms with Gasteiger partial charge in [-0.25, -0.2) is 0 Å². The number of morpholine rings is 1. The Morgan fingerprint density at radius 2 is 1.86 bits per heavy atom. The number of hydrogen-bond acceptors (Lipinski definition) is 6. The van der Waals surface area contributed by atoms with Crippen molar-refractivity contribution in [2.75, 3.05) is 38.3 Å². The van der Waals surface area contributed by atoms with Crippen molar-refractivity contribution in [3.8, 4) is 5.69 Å². The van der Waals surface area contributed by atoms with Crippen molar-refractivity contribution in [2.45, 2.75) is 6.54 Å². The van der Waals surface area contributed by atoms with E-state index in [4.69, 9.17) is 4.74 Å². The zero-order valence-corrected chi connectivity index (χ0v) is 15.7. The molecular formula is C20H22N6O2. The largest absolute Gasteiger partial charge is 0.378 e. The van der Waals surface area contributed by atoms with E-state index in [1.54, 1.807) is 18.0 Å². The number of amides is 1. The van der Waals surface area contributed by atoms with Gasteiger partial charge in [0.1, 0.15) is 6.33 Å². The summed E-state index contributed by atoms with van der Waals surface area (Å²) in [6.45, 7) is 3.86. The van der Waals surface area contributed by atoms with Crippen molar-refractivity contribution >= 4 is 11.6 Å². The summed E-state index contributed by atoms with van der Waals surface area (Å²) in [4.78, 5) is 17.0. The Hall–Kier alpha value is -3.26. The van der Waals surface area contributed by atoms with Crippen LogP contribution in [0.1, 0.15) is 15.9 Å². The molecular weight excluding hydrogens is 356 g/mol. The third-order valence-corrected chi connectivity index (χ3v) is 4.81. The van der Waals surface area contributed by atoms with Crippen LogP contribution in [0.3, 0.4) is 0 Å². The molecule has 0 N–H and O–H groups in total. The molecule has 2 aromatic carbocycles. The van der Waals surface area contributed by atoms with Crippen molar-refractivity contribution in [2.24, 2.45) is 0 Å². The van der Waals surface area contributed by atoms with Gasteiger partial charge in [-0.15, -0.1) is 5.10 Å². The van der Waals surface area contributed by atoms with Crippen molar-refractivity contribution in [3.05, 3.63) is 66.0 Å². The molecule has 1 aliphatic rings. The van der Waals surface area contributed by atoms with Crippen LogP contribution in [0.4, 0.5) is 5.69 Å². The molecule has 28 heavy (non-hydrogen) atoms. The molecule has 1 amide bonds. The molecule has 1 aliphatic heterocycles. The van der Waals surface area contributed by atoms with Crippen LogP contribution in [0.2, 0.25) is 0 Å². The van der Waals surface area contributed by atoms with Gasteiger partial charge in [0.25, 0.3) is 5.91 Å². The van der Waals surface area contributed by atoms with E-state index in [0.717, 1.165) is 31.9 Å². The van der Waals surface area contributed by atoms with Gasteiger partial charge in [0, 0.05) is 32.4 Å². The van der Waals surface area contributed by atoms with Gasteiger partial charge in [-0.3, -0.25) is 4.79 Å². The quantitative estimate of drug-likeness (QED) is 0.674. The lowest BCUT2D eigenvalue weighted by Crippen LogP contribution is -2.36. The molecule has 1 aromatic heterocycles. The van der Waals surface area contributed by atoms with E-state index in [2.05, 4.69) is 44.7 Å². The fourth-order valence-electron chi connectivity index (χ4n) is 3.31. The van der Waals surface area contributed by atoms with Gasteiger partial charge in [-0.2, -0.15) is 4.68 Å². The first-order chi connectivity index (χ1) is 13.7. The van der Waals surface area contributed by atoms with Crippen LogP contribution < -0.4 is 4.90 Å². The molecule has 0 saturated carbocycles. The third kappa shape index (κ3) is 3.86. The lowest BCUT2D eigenvalue weighted by molar-refractivity contribution is 0.0785. The maximum absolute atomic E-state index is 13.0. The zero-order chi connectivity index (χ0) is 19.3. The van der Waals surface area contributed by atoms with E-state index >= 15 is 0 Å². The second-order valence-electron chi connectivity index (χ2n) is 6.70. The number of nitrogens with zero attached hydrogens (tertiary/aromatic N) is 6. The lowest BCUT2D eigenvalue weighted by atomic mass is 10.1. The summed E-state index contributed by atoms with van der Waals surface area (Å²) in [5, 5.41) is 11.2. The molecule has 0 radical (unpaired) electrons. The Balaban J connectivity index is 1.47. The molecule has 144 valence electrons. The normalized spacial score (nSPS) is 14.1. The number of tetrazole rings is 1. The Kier molecular flexibility index (Phi) is 5.29. The van der Waals surface area contributed by atoms with Crippen LogP contribution in [0.25, 0.3) is 5.69 Å². The van der Waals surface area contributed by atoms with Crippen LogP contribution in [0.5, 0.6) is 0 Å². The van der Waals surface area contributed by atoms with Gasteiger partial charge in [0.2, 0.25) is 0 Å². The van der Waals surface area contributed by atoms with Gasteiger partial charge < -0.3 is 14.5 Å². The fraction of sp³-hybridized carbons (Fsp3) is 0.300. The van der Waals surface area contributed by atoms with Gasteiger partial charge in [-0.05, 0) is 40.3 Å². The Bertz CT molecular complexity index is 920. The molecule has 1 saturated heterocycles. The first-order valence-electron chi connectivity index (χ1n) is 9.22. The lowest BCUT2D eigenvalue weighted by Gasteiger charge is -2.29. The smallest absolute Gasteiger partial charge is 0.256 e. The fourth-order valence-corrected chi connectivity index (χ4v) is 3.31. The number of ether oxygens (including phenoxy) is 1. The molecule has 8 heteroatoms. The van der Waals surface area contributed by atoms with E-state index in [-0.39, 0.29) is 5.91 Å². The summed E-state index contributed by atoms with van der Waals surface area (Å²) in [5.74, 6) is -0.0802. The Morgan fingerprint density at radius 3 is 2.57 bits per heavy atom. The number of anilines is 1. The van der Waals surface area contributed by atoms with Crippen LogP contribution in [0.15, 0.2) is 54.9 Å². The number of benzene rings is 2. The summed E-state index contributed by atoms with van der Waals surface area (Å²) in [5.41, 5.74) is 3.48. The molecule has 0 atom stereocenters. The van der Waals surface area contributed by atoms with E-state index in [0.29, 0.717) is 17.8 Å². The van der Waals surface area contributed by atoms with Crippen molar-refractivity contribution in [3.63, 3.8) is 0 Å². The average Bonchev–Trinajstić information content (AvgIpc) is 3.29. The minimum absolute atomic E-state index is 0.0802. The minimum Gasteiger partial charge on any atom is -0.378 e. The standard InChI is InChI=1S/C20H22N6O2/c1-24(14-16-6-8-17(9-7-16)25-10-12-28-13-11-25)20(27)18-4-2-3-5-19(18)26-15-21-22-23-26/h2-9,15H,10-14H2,1H3. The summed E-state index contributed by atoms with van der Waals surface area (Å²) >= 11 is 0. The molecule has 2 heterocycles. The van der Waals surface area contributed by atoms with Crippen molar-refractivity contribution in [1.82, 2.24) is 25.1 Å².